The van der Waals surface area contributed by atoms with E-state index in [1.165, 1.54) is 32.1 Å². The maximum atomic E-state index is 8.42. The Labute approximate surface area is 70.2 Å². The number of aliphatic hydroxyl groups is 1. The first-order valence-electron chi connectivity index (χ1n) is 4.02. The molecule has 0 atom stereocenters. The zero-order valence-corrected chi connectivity index (χ0v) is 7.62. The first-order chi connectivity index (χ1) is 4.41. The van der Waals surface area contributed by atoms with Gasteiger partial charge in [-0.05, 0) is 6.42 Å². The smallest absolute Gasteiger partial charge is 0.0431 e. The van der Waals surface area contributed by atoms with E-state index in [-0.39, 0.29) is 12.4 Å². The summed E-state index contributed by atoms with van der Waals surface area (Å²) < 4.78 is 0. The summed E-state index contributed by atoms with van der Waals surface area (Å²) in [6.45, 7) is 2.58. The van der Waals surface area contributed by atoms with E-state index in [1.807, 2.05) is 0 Å². The van der Waals surface area contributed by atoms with Gasteiger partial charge in [0.25, 0.3) is 0 Å². The van der Waals surface area contributed by atoms with E-state index in [1.54, 1.807) is 0 Å². The Morgan fingerprint density at radius 1 is 0.900 bits per heavy atom. The van der Waals surface area contributed by atoms with Crippen molar-refractivity contribution in [3.8, 4) is 0 Å². The second-order valence-corrected chi connectivity index (χ2v) is 2.49. The predicted molar refractivity (Wildman–Crippen MR) is 47.7 cm³/mol. The van der Waals surface area contributed by atoms with Crippen LogP contribution in [0.3, 0.4) is 0 Å². The summed E-state index contributed by atoms with van der Waals surface area (Å²) in [7, 11) is 0. The van der Waals surface area contributed by atoms with Gasteiger partial charge in [0.05, 0.1) is 0 Å². The molecule has 1 N–H and O–H groups in total. The first kappa shape index (κ1) is 12.9. The SMILES string of the molecule is CCCCCCCCO.Cl. The highest BCUT2D eigenvalue weighted by atomic mass is 35.5. The van der Waals surface area contributed by atoms with Gasteiger partial charge in [0, 0.05) is 6.61 Å². The summed E-state index contributed by atoms with van der Waals surface area (Å²) in [6.07, 6.45) is 7.50. The van der Waals surface area contributed by atoms with E-state index in [0.29, 0.717) is 6.61 Å². The second kappa shape index (κ2) is 12.0. The summed E-state index contributed by atoms with van der Waals surface area (Å²) in [6, 6.07) is 0. The molecule has 0 rings (SSSR count). The molecule has 0 amide bonds. The fourth-order valence-electron chi connectivity index (χ4n) is 0.892. The van der Waals surface area contributed by atoms with Crippen molar-refractivity contribution in [2.45, 2.75) is 45.4 Å². The number of rotatable bonds is 6. The van der Waals surface area contributed by atoms with Crippen molar-refractivity contribution in [2.75, 3.05) is 6.61 Å². The molecule has 0 aliphatic rings. The van der Waals surface area contributed by atoms with Gasteiger partial charge in [-0.25, -0.2) is 0 Å². The lowest BCUT2D eigenvalue weighted by Gasteiger charge is -1.95. The van der Waals surface area contributed by atoms with Gasteiger partial charge in [0.1, 0.15) is 0 Å². The zero-order valence-electron chi connectivity index (χ0n) is 6.81. The van der Waals surface area contributed by atoms with Crippen molar-refractivity contribution in [1.82, 2.24) is 0 Å². The van der Waals surface area contributed by atoms with Crippen LogP contribution in [-0.4, -0.2) is 11.7 Å². The predicted octanol–water partition coefficient (Wildman–Crippen LogP) is 2.76. The van der Waals surface area contributed by atoms with Crippen molar-refractivity contribution in [2.24, 2.45) is 0 Å². The molecule has 1 nitrogen and oxygen atoms in total. The molecule has 0 saturated heterocycles. The molecule has 64 valence electrons. The average molecular weight is 167 g/mol. The van der Waals surface area contributed by atoms with Gasteiger partial charge in [-0.2, -0.15) is 0 Å². The Kier molecular flexibility index (Phi) is 15.4. The molecule has 10 heavy (non-hydrogen) atoms. The fraction of sp³-hybridized carbons (Fsp3) is 1.00. The van der Waals surface area contributed by atoms with Crippen LogP contribution in [0.5, 0.6) is 0 Å². The van der Waals surface area contributed by atoms with Crippen molar-refractivity contribution < 1.29 is 5.11 Å². The monoisotopic (exact) mass is 166 g/mol. The fourth-order valence-corrected chi connectivity index (χ4v) is 0.892. The van der Waals surface area contributed by atoms with E-state index < -0.39 is 0 Å². The van der Waals surface area contributed by atoms with E-state index in [4.69, 9.17) is 5.11 Å². The lowest BCUT2D eigenvalue weighted by Crippen LogP contribution is -1.82. The zero-order chi connectivity index (χ0) is 6.95. The van der Waals surface area contributed by atoms with Gasteiger partial charge in [-0.15, -0.1) is 12.4 Å². The topological polar surface area (TPSA) is 20.2 Å². The highest BCUT2D eigenvalue weighted by molar-refractivity contribution is 5.85. The Bertz CT molecular complexity index is 42.5. The lowest BCUT2D eigenvalue weighted by molar-refractivity contribution is 0.282. The summed E-state index contributed by atoms with van der Waals surface area (Å²) in [5, 5.41) is 8.42. The standard InChI is InChI=1S/C8H18O.ClH/c1-2-3-4-5-6-7-8-9;/h9H,2-8H2,1H3;1H. The molecular formula is C8H19ClO. The quantitative estimate of drug-likeness (QED) is 0.602. The maximum absolute atomic E-state index is 8.42. The van der Waals surface area contributed by atoms with Crippen LogP contribution in [0.4, 0.5) is 0 Å². The Morgan fingerprint density at radius 3 is 1.90 bits per heavy atom. The molecular weight excluding hydrogens is 148 g/mol. The van der Waals surface area contributed by atoms with Crippen LogP contribution in [0.25, 0.3) is 0 Å². The Balaban J connectivity index is 0. The minimum atomic E-state index is 0. The minimum absolute atomic E-state index is 0. The second-order valence-electron chi connectivity index (χ2n) is 2.49. The molecule has 0 heterocycles. The number of aliphatic hydroxyl groups excluding tert-OH is 1. The largest absolute Gasteiger partial charge is 0.396 e. The summed E-state index contributed by atoms with van der Waals surface area (Å²) in [4.78, 5) is 0. The molecule has 0 spiro atoms. The number of halogens is 1. The van der Waals surface area contributed by atoms with Gasteiger partial charge in [0.2, 0.25) is 0 Å². The molecule has 0 fully saturated rings. The van der Waals surface area contributed by atoms with Crippen LogP contribution < -0.4 is 0 Å². The van der Waals surface area contributed by atoms with Crippen LogP contribution in [0.15, 0.2) is 0 Å². The maximum Gasteiger partial charge on any atom is 0.0431 e. The molecule has 0 bridgehead atoms. The van der Waals surface area contributed by atoms with Crippen LogP contribution in [0.2, 0.25) is 0 Å². The van der Waals surface area contributed by atoms with Crippen LogP contribution in [0.1, 0.15) is 45.4 Å². The molecule has 0 unspecified atom stereocenters. The van der Waals surface area contributed by atoms with Crippen LogP contribution >= 0.6 is 12.4 Å². The average Bonchev–Trinajstić information content (AvgIpc) is 1.89. The normalized spacial score (nSPS) is 9.00. The van der Waals surface area contributed by atoms with Gasteiger partial charge in [0.15, 0.2) is 0 Å². The van der Waals surface area contributed by atoms with Gasteiger partial charge in [-0.3, -0.25) is 0 Å². The highest BCUT2D eigenvalue weighted by Gasteiger charge is 1.86. The number of hydrogen-bond donors (Lipinski definition) is 1. The van der Waals surface area contributed by atoms with Crippen LogP contribution in [-0.2, 0) is 0 Å². The highest BCUT2D eigenvalue weighted by Crippen LogP contribution is 2.03. The van der Waals surface area contributed by atoms with E-state index in [0.717, 1.165) is 6.42 Å². The van der Waals surface area contributed by atoms with Crippen molar-refractivity contribution in [1.29, 1.82) is 0 Å². The number of unbranched alkanes of at least 4 members (excludes halogenated alkanes) is 5. The van der Waals surface area contributed by atoms with Crippen LogP contribution in [0, 0.1) is 0 Å². The molecule has 0 aromatic carbocycles. The van der Waals surface area contributed by atoms with E-state index in [2.05, 4.69) is 6.92 Å². The molecule has 0 radical (unpaired) electrons. The van der Waals surface area contributed by atoms with Crippen molar-refractivity contribution in [3.05, 3.63) is 0 Å². The molecule has 0 aromatic heterocycles. The summed E-state index contributed by atoms with van der Waals surface area (Å²) >= 11 is 0. The van der Waals surface area contributed by atoms with E-state index >= 15 is 0 Å². The molecule has 0 saturated carbocycles. The van der Waals surface area contributed by atoms with Crippen molar-refractivity contribution >= 4 is 12.4 Å². The Hall–Kier alpha value is 0.250. The van der Waals surface area contributed by atoms with E-state index in [9.17, 15) is 0 Å². The first-order valence-corrected chi connectivity index (χ1v) is 4.02. The third-order valence-corrected chi connectivity index (χ3v) is 1.51. The summed E-state index contributed by atoms with van der Waals surface area (Å²) in [5.74, 6) is 0. The third kappa shape index (κ3) is 11.1. The third-order valence-electron chi connectivity index (χ3n) is 1.51. The Morgan fingerprint density at radius 2 is 1.40 bits per heavy atom. The molecule has 2 heteroatoms. The minimum Gasteiger partial charge on any atom is -0.396 e. The van der Waals surface area contributed by atoms with Gasteiger partial charge < -0.3 is 5.11 Å². The van der Waals surface area contributed by atoms with Crippen molar-refractivity contribution in [3.63, 3.8) is 0 Å². The van der Waals surface area contributed by atoms with Gasteiger partial charge >= 0.3 is 0 Å². The molecule has 0 aliphatic heterocycles. The summed E-state index contributed by atoms with van der Waals surface area (Å²) in [5.41, 5.74) is 0. The number of hydrogen-bond acceptors (Lipinski definition) is 1. The lowest BCUT2D eigenvalue weighted by atomic mass is 10.1. The molecule has 0 aromatic rings. The molecule has 0 aliphatic carbocycles. The van der Waals surface area contributed by atoms with Gasteiger partial charge in [-0.1, -0.05) is 39.0 Å².